The Bertz CT molecular complexity index is 383. The summed E-state index contributed by atoms with van der Waals surface area (Å²) < 4.78 is 2.01. The maximum Gasteiger partial charge on any atom is 0.0564 e. The van der Waals surface area contributed by atoms with Crippen LogP contribution in [0.3, 0.4) is 0 Å². The molecular weight excluding hydrogens is 222 g/mol. The molecule has 3 heteroatoms. The molecule has 0 unspecified atom stereocenters. The van der Waals surface area contributed by atoms with Gasteiger partial charge in [-0.1, -0.05) is 13.0 Å². The summed E-state index contributed by atoms with van der Waals surface area (Å²) in [4.78, 5) is 0. The molecule has 3 nitrogen and oxygen atoms in total. The Morgan fingerprint density at radius 1 is 1.44 bits per heavy atom. The number of allylic oxidation sites excluding steroid dienone is 1. The van der Waals surface area contributed by atoms with Crippen molar-refractivity contribution < 1.29 is 0 Å². The van der Waals surface area contributed by atoms with Crippen LogP contribution in [0.25, 0.3) is 5.57 Å². The van der Waals surface area contributed by atoms with Gasteiger partial charge in [-0.3, -0.25) is 4.68 Å². The van der Waals surface area contributed by atoms with Gasteiger partial charge in [0, 0.05) is 23.8 Å². The molecule has 0 atom stereocenters. The van der Waals surface area contributed by atoms with Crippen LogP contribution in [0.4, 0.5) is 0 Å². The number of hydrogen-bond acceptors (Lipinski definition) is 2. The Labute approximate surface area is 111 Å². The monoisotopic (exact) mass is 249 g/mol. The SMILES string of the molecule is CCCn1cc(C(C)=CCCNC(C)(C)C)cn1. The van der Waals surface area contributed by atoms with E-state index in [1.165, 1.54) is 11.1 Å². The molecule has 0 spiro atoms. The second kappa shape index (κ2) is 6.74. The normalized spacial score (nSPS) is 13.1. The number of aromatic nitrogens is 2. The third-order valence-electron chi connectivity index (χ3n) is 2.79. The van der Waals surface area contributed by atoms with Gasteiger partial charge in [0.2, 0.25) is 0 Å². The molecule has 0 amide bonds. The Morgan fingerprint density at radius 2 is 2.17 bits per heavy atom. The van der Waals surface area contributed by atoms with Crippen molar-refractivity contribution >= 4 is 5.57 Å². The molecule has 1 N–H and O–H groups in total. The van der Waals surface area contributed by atoms with Crippen molar-refractivity contribution in [3.63, 3.8) is 0 Å². The Balaban J connectivity index is 2.44. The lowest BCUT2D eigenvalue weighted by atomic mass is 10.1. The predicted octanol–water partition coefficient (Wildman–Crippen LogP) is 3.47. The second-order valence-corrected chi connectivity index (χ2v) is 5.84. The summed E-state index contributed by atoms with van der Waals surface area (Å²) in [5, 5.41) is 7.84. The average molecular weight is 249 g/mol. The summed E-state index contributed by atoms with van der Waals surface area (Å²) in [5.74, 6) is 0. The lowest BCUT2D eigenvalue weighted by molar-refractivity contribution is 0.431. The fourth-order valence-corrected chi connectivity index (χ4v) is 1.77. The van der Waals surface area contributed by atoms with E-state index in [2.05, 4.69) is 57.3 Å². The van der Waals surface area contributed by atoms with Crippen LogP contribution in [-0.2, 0) is 6.54 Å². The maximum atomic E-state index is 4.35. The molecule has 1 rings (SSSR count). The molecule has 18 heavy (non-hydrogen) atoms. The van der Waals surface area contributed by atoms with E-state index in [1.807, 2.05) is 10.9 Å². The number of nitrogens with one attached hydrogen (secondary N) is 1. The van der Waals surface area contributed by atoms with Crippen molar-refractivity contribution in [2.75, 3.05) is 6.54 Å². The van der Waals surface area contributed by atoms with E-state index in [-0.39, 0.29) is 5.54 Å². The summed E-state index contributed by atoms with van der Waals surface area (Å²) >= 11 is 0. The molecule has 0 saturated carbocycles. The van der Waals surface area contributed by atoms with Gasteiger partial charge < -0.3 is 5.32 Å². The van der Waals surface area contributed by atoms with Gasteiger partial charge >= 0.3 is 0 Å². The van der Waals surface area contributed by atoms with Crippen molar-refractivity contribution in [1.29, 1.82) is 0 Å². The molecular formula is C15H27N3. The van der Waals surface area contributed by atoms with E-state index in [0.29, 0.717) is 0 Å². The standard InChI is InChI=1S/C15H27N3/c1-6-10-18-12-14(11-17-18)13(2)8-7-9-16-15(3,4)5/h8,11-12,16H,6-7,9-10H2,1-5H3. The zero-order chi connectivity index (χ0) is 13.6. The Morgan fingerprint density at radius 3 is 2.78 bits per heavy atom. The fraction of sp³-hybridized carbons (Fsp3) is 0.667. The van der Waals surface area contributed by atoms with Crippen molar-refractivity contribution in [2.24, 2.45) is 0 Å². The summed E-state index contributed by atoms with van der Waals surface area (Å²) in [6.45, 7) is 12.9. The summed E-state index contributed by atoms with van der Waals surface area (Å²) in [5.41, 5.74) is 2.75. The third kappa shape index (κ3) is 5.50. The first-order valence-electron chi connectivity index (χ1n) is 6.87. The van der Waals surface area contributed by atoms with E-state index < -0.39 is 0 Å². The molecule has 0 fully saturated rings. The van der Waals surface area contributed by atoms with Gasteiger partial charge in [0.1, 0.15) is 0 Å². The predicted molar refractivity (Wildman–Crippen MR) is 78.5 cm³/mol. The van der Waals surface area contributed by atoms with E-state index in [0.717, 1.165) is 25.9 Å². The quantitative estimate of drug-likeness (QED) is 0.782. The molecule has 1 heterocycles. The first kappa shape index (κ1) is 15.0. The number of nitrogens with zero attached hydrogens (tertiary/aromatic N) is 2. The molecule has 0 aromatic carbocycles. The van der Waals surface area contributed by atoms with Crippen LogP contribution >= 0.6 is 0 Å². The topological polar surface area (TPSA) is 29.9 Å². The highest BCUT2D eigenvalue weighted by atomic mass is 15.3. The van der Waals surface area contributed by atoms with E-state index >= 15 is 0 Å². The zero-order valence-electron chi connectivity index (χ0n) is 12.5. The number of aryl methyl sites for hydroxylation is 1. The van der Waals surface area contributed by atoms with E-state index in [4.69, 9.17) is 0 Å². The molecule has 0 aliphatic rings. The summed E-state index contributed by atoms with van der Waals surface area (Å²) in [6, 6.07) is 0. The first-order valence-corrected chi connectivity index (χ1v) is 6.87. The van der Waals surface area contributed by atoms with Crippen LogP contribution in [0.15, 0.2) is 18.5 Å². The second-order valence-electron chi connectivity index (χ2n) is 5.84. The maximum absolute atomic E-state index is 4.35. The lowest BCUT2D eigenvalue weighted by Gasteiger charge is -2.19. The van der Waals surface area contributed by atoms with Crippen molar-refractivity contribution in [2.45, 2.75) is 59.5 Å². The Kier molecular flexibility index (Phi) is 5.60. The van der Waals surface area contributed by atoms with Crippen LogP contribution in [0.5, 0.6) is 0 Å². The molecule has 0 aliphatic carbocycles. The fourth-order valence-electron chi connectivity index (χ4n) is 1.77. The van der Waals surface area contributed by atoms with Gasteiger partial charge in [0.05, 0.1) is 6.20 Å². The summed E-state index contributed by atoms with van der Waals surface area (Å²) in [7, 11) is 0. The average Bonchev–Trinajstić information content (AvgIpc) is 2.72. The van der Waals surface area contributed by atoms with E-state index in [9.17, 15) is 0 Å². The van der Waals surface area contributed by atoms with Crippen molar-refractivity contribution in [1.82, 2.24) is 15.1 Å². The smallest absolute Gasteiger partial charge is 0.0564 e. The number of rotatable bonds is 6. The lowest BCUT2D eigenvalue weighted by Crippen LogP contribution is -2.36. The van der Waals surface area contributed by atoms with Gasteiger partial charge in [-0.2, -0.15) is 5.10 Å². The minimum Gasteiger partial charge on any atom is -0.312 e. The molecule has 1 aromatic rings. The van der Waals surface area contributed by atoms with Crippen LogP contribution in [0.2, 0.25) is 0 Å². The first-order chi connectivity index (χ1) is 8.42. The molecule has 0 radical (unpaired) electrons. The van der Waals surface area contributed by atoms with Crippen LogP contribution in [0.1, 0.15) is 53.0 Å². The van der Waals surface area contributed by atoms with Crippen molar-refractivity contribution in [3.05, 3.63) is 24.0 Å². The number of hydrogen-bond donors (Lipinski definition) is 1. The molecule has 1 aromatic heterocycles. The summed E-state index contributed by atoms with van der Waals surface area (Å²) in [6.07, 6.45) is 8.55. The highest BCUT2D eigenvalue weighted by Gasteiger charge is 2.06. The molecule has 0 bridgehead atoms. The van der Waals surface area contributed by atoms with Gasteiger partial charge in [-0.15, -0.1) is 0 Å². The van der Waals surface area contributed by atoms with Gasteiger partial charge in [-0.05, 0) is 52.7 Å². The van der Waals surface area contributed by atoms with E-state index in [1.54, 1.807) is 0 Å². The highest BCUT2D eigenvalue weighted by molar-refractivity contribution is 5.62. The minimum absolute atomic E-state index is 0.202. The Hall–Kier alpha value is -1.09. The minimum atomic E-state index is 0.202. The van der Waals surface area contributed by atoms with Crippen LogP contribution in [-0.4, -0.2) is 21.9 Å². The third-order valence-corrected chi connectivity index (χ3v) is 2.79. The van der Waals surface area contributed by atoms with Gasteiger partial charge in [0.25, 0.3) is 0 Å². The molecule has 0 saturated heterocycles. The van der Waals surface area contributed by atoms with Gasteiger partial charge in [0.15, 0.2) is 0 Å². The van der Waals surface area contributed by atoms with Gasteiger partial charge in [-0.25, -0.2) is 0 Å². The molecule has 0 aliphatic heterocycles. The van der Waals surface area contributed by atoms with Crippen LogP contribution in [0, 0.1) is 0 Å². The van der Waals surface area contributed by atoms with Crippen LogP contribution < -0.4 is 5.32 Å². The highest BCUT2D eigenvalue weighted by Crippen LogP contribution is 2.13. The van der Waals surface area contributed by atoms with Crippen molar-refractivity contribution in [3.8, 4) is 0 Å². The zero-order valence-corrected chi connectivity index (χ0v) is 12.5. The largest absolute Gasteiger partial charge is 0.312 e. The molecule has 102 valence electrons.